The van der Waals surface area contributed by atoms with Gasteiger partial charge in [-0.2, -0.15) is 0 Å². The Morgan fingerprint density at radius 2 is 1.95 bits per heavy atom. The molecule has 1 aliphatic heterocycles. The highest BCUT2D eigenvalue weighted by atomic mass is 19.1. The number of nitrogens with one attached hydrogen (secondary N) is 1. The second-order valence-corrected chi connectivity index (χ2v) is 5.24. The molecule has 7 heteroatoms. The van der Waals surface area contributed by atoms with Crippen LogP contribution in [0.5, 0.6) is 0 Å². The number of halogens is 2. The lowest BCUT2D eigenvalue weighted by Gasteiger charge is -2.41. The molecule has 2 rings (SSSR count). The first kappa shape index (κ1) is 15.6. The molecule has 1 N–H and O–H groups in total. The van der Waals surface area contributed by atoms with Crippen LogP contribution in [0, 0.1) is 21.7 Å². The molecule has 2 unspecified atom stereocenters. The number of benzene rings is 1. The number of rotatable bonds is 4. The highest BCUT2D eigenvalue weighted by Crippen LogP contribution is 2.31. The summed E-state index contributed by atoms with van der Waals surface area (Å²) in [7, 11) is 0. The molecule has 1 aliphatic rings. The van der Waals surface area contributed by atoms with E-state index in [4.69, 9.17) is 0 Å². The third kappa shape index (κ3) is 3.12. The fourth-order valence-corrected chi connectivity index (χ4v) is 2.71. The number of nitro benzene ring substituents is 1. The van der Waals surface area contributed by atoms with Crippen LogP contribution in [0.4, 0.5) is 20.2 Å². The lowest BCUT2D eigenvalue weighted by Crippen LogP contribution is -2.56. The van der Waals surface area contributed by atoms with Crippen molar-refractivity contribution in [3.63, 3.8) is 0 Å². The molecule has 116 valence electrons. The van der Waals surface area contributed by atoms with E-state index in [0.717, 1.165) is 25.0 Å². The molecule has 1 aromatic carbocycles. The Balaban J connectivity index is 2.40. The van der Waals surface area contributed by atoms with Gasteiger partial charge in [0.1, 0.15) is 5.69 Å². The Kier molecular flexibility index (Phi) is 4.72. The van der Waals surface area contributed by atoms with Crippen LogP contribution < -0.4 is 10.2 Å². The van der Waals surface area contributed by atoms with Gasteiger partial charge in [-0.15, -0.1) is 0 Å². The van der Waals surface area contributed by atoms with Gasteiger partial charge >= 0.3 is 0 Å². The van der Waals surface area contributed by atoms with Crippen LogP contribution in [0.3, 0.4) is 0 Å². The SMILES string of the molecule is CCC1CN(c2c(F)cc([N+](=O)[O-])cc2F)C(CC)CN1. The molecule has 1 aromatic rings. The van der Waals surface area contributed by atoms with E-state index in [0.29, 0.717) is 13.1 Å². The molecular formula is C14H19F2N3O2. The number of hydrogen-bond acceptors (Lipinski definition) is 4. The molecule has 0 aliphatic carbocycles. The van der Waals surface area contributed by atoms with E-state index >= 15 is 0 Å². The first-order chi connectivity index (χ1) is 9.97. The largest absolute Gasteiger partial charge is 0.361 e. The van der Waals surface area contributed by atoms with Crippen LogP contribution in [0.15, 0.2) is 12.1 Å². The molecule has 5 nitrogen and oxygen atoms in total. The van der Waals surface area contributed by atoms with E-state index in [1.54, 1.807) is 4.90 Å². The van der Waals surface area contributed by atoms with E-state index in [1.807, 2.05) is 13.8 Å². The third-order valence-corrected chi connectivity index (χ3v) is 3.96. The molecule has 0 saturated carbocycles. The second kappa shape index (κ2) is 6.34. The van der Waals surface area contributed by atoms with Crippen LogP contribution in [0.1, 0.15) is 26.7 Å². The Labute approximate surface area is 122 Å². The molecular weight excluding hydrogens is 280 g/mol. The number of piperazine rings is 1. The quantitative estimate of drug-likeness (QED) is 0.686. The Morgan fingerprint density at radius 1 is 1.33 bits per heavy atom. The number of non-ortho nitro benzene ring substituents is 1. The molecule has 2 atom stereocenters. The predicted molar refractivity (Wildman–Crippen MR) is 76.5 cm³/mol. The summed E-state index contributed by atoms with van der Waals surface area (Å²) in [5.41, 5.74) is -0.726. The van der Waals surface area contributed by atoms with Gasteiger partial charge in [0.2, 0.25) is 0 Å². The number of anilines is 1. The zero-order valence-electron chi connectivity index (χ0n) is 12.1. The summed E-state index contributed by atoms with van der Waals surface area (Å²) >= 11 is 0. The standard InChI is InChI=1S/C14H19F2N3O2/c1-3-9-8-18(10(4-2)7-17-9)14-12(15)5-11(19(20)21)6-13(14)16/h5-6,9-10,17H,3-4,7-8H2,1-2H3. The van der Waals surface area contributed by atoms with Crippen molar-refractivity contribution in [3.05, 3.63) is 33.9 Å². The fraction of sp³-hybridized carbons (Fsp3) is 0.571. The molecule has 0 spiro atoms. The van der Waals surface area contributed by atoms with Gasteiger partial charge in [-0.25, -0.2) is 8.78 Å². The molecule has 1 fully saturated rings. The Morgan fingerprint density at radius 3 is 2.43 bits per heavy atom. The van der Waals surface area contributed by atoms with Crippen LogP contribution in [0.2, 0.25) is 0 Å². The zero-order valence-corrected chi connectivity index (χ0v) is 12.1. The lowest BCUT2D eigenvalue weighted by atomic mass is 10.0. The van der Waals surface area contributed by atoms with Crippen molar-refractivity contribution >= 4 is 11.4 Å². The number of hydrogen-bond donors (Lipinski definition) is 1. The van der Waals surface area contributed by atoms with Crippen LogP contribution in [-0.4, -0.2) is 30.1 Å². The summed E-state index contributed by atoms with van der Waals surface area (Å²) in [4.78, 5) is 11.6. The van der Waals surface area contributed by atoms with E-state index in [1.165, 1.54) is 0 Å². The molecule has 0 amide bonds. The molecule has 0 bridgehead atoms. The van der Waals surface area contributed by atoms with Gasteiger partial charge in [-0.1, -0.05) is 13.8 Å². The van der Waals surface area contributed by atoms with Crippen molar-refractivity contribution in [1.29, 1.82) is 0 Å². The predicted octanol–water partition coefficient (Wildman–Crippen LogP) is 2.84. The highest BCUT2D eigenvalue weighted by Gasteiger charge is 2.31. The van der Waals surface area contributed by atoms with Gasteiger partial charge in [0.25, 0.3) is 5.69 Å². The number of nitrogens with zero attached hydrogens (tertiary/aromatic N) is 2. The first-order valence-corrected chi connectivity index (χ1v) is 7.11. The molecule has 0 aromatic heterocycles. The van der Waals surface area contributed by atoms with E-state index in [2.05, 4.69) is 5.32 Å². The van der Waals surface area contributed by atoms with E-state index < -0.39 is 22.2 Å². The topological polar surface area (TPSA) is 58.4 Å². The van der Waals surface area contributed by atoms with Crippen molar-refractivity contribution in [2.75, 3.05) is 18.0 Å². The van der Waals surface area contributed by atoms with Gasteiger partial charge < -0.3 is 10.2 Å². The maximum atomic E-state index is 14.2. The Bertz CT molecular complexity index is 516. The van der Waals surface area contributed by atoms with Crippen molar-refractivity contribution in [3.8, 4) is 0 Å². The van der Waals surface area contributed by atoms with E-state index in [-0.39, 0.29) is 17.8 Å². The van der Waals surface area contributed by atoms with Crippen LogP contribution >= 0.6 is 0 Å². The van der Waals surface area contributed by atoms with Crippen molar-refractivity contribution < 1.29 is 13.7 Å². The first-order valence-electron chi connectivity index (χ1n) is 7.11. The smallest absolute Gasteiger partial charge is 0.275 e. The monoisotopic (exact) mass is 299 g/mol. The minimum Gasteiger partial charge on any atom is -0.361 e. The van der Waals surface area contributed by atoms with Crippen molar-refractivity contribution in [2.24, 2.45) is 0 Å². The van der Waals surface area contributed by atoms with Gasteiger partial charge in [-0.05, 0) is 12.8 Å². The van der Waals surface area contributed by atoms with Gasteiger partial charge in [0, 0.05) is 25.2 Å². The summed E-state index contributed by atoms with van der Waals surface area (Å²) in [6.07, 6.45) is 1.59. The number of nitro groups is 1. The van der Waals surface area contributed by atoms with Crippen LogP contribution in [0.25, 0.3) is 0 Å². The second-order valence-electron chi connectivity index (χ2n) is 5.24. The summed E-state index contributed by atoms with van der Waals surface area (Å²) in [5.74, 6) is -1.76. The van der Waals surface area contributed by atoms with Gasteiger partial charge in [0.15, 0.2) is 11.6 Å². The molecule has 1 saturated heterocycles. The average Bonchev–Trinajstić information content (AvgIpc) is 2.46. The summed E-state index contributed by atoms with van der Waals surface area (Å²) in [6.45, 7) is 5.09. The maximum absolute atomic E-state index is 14.2. The summed E-state index contributed by atoms with van der Waals surface area (Å²) < 4.78 is 28.4. The molecule has 1 heterocycles. The fourth-order valence-electron chi connectivity index (χ4n) is 2.71. The average molecular weight is 299 g/mol. The minimum atomic E-state index is -0.878. The van der Waals surface area contributed by atoms with Gasteiger partial charge in [0.05, 0.1) is 17.1 Å². The highest BCUT2D eigenvalue weighted by molar-refractivity contribution is 5.55. The van der Waals surface area contributed by atoms with Gasteiger partial charge in [-0.3, -0.25) is 10.1 Å². The van der Waals surface area contributed by atoms with Crippen molar-refractivity contribution in [2.45, 2.75) is 38.8 Å². The minimum absolute atomic E-state index is 0.0294. The van der Waals surface area contributed by atoms with Crippen molar-refractivity contribution in [1.82, 2.24) is 5.32 Å². The lowest BCUT2D eigenvalue weighted by molar-refractivity contribution is -0.385. The van der Waals surface area contributed by atoms with Crippen LogP contribution in [-0.2, 0) is 0 Å². The third-order valence-electron chi connectivity index (χ3n) is 3.96. The van der Waals surface area contributed by atoms with E-state index in [9.17, 15) is 18.9 Å². The molecule has 0 radical (unpaired) electrons. The zero-order chi connectivity index (χ0) is 15.6. The molecule has 21 heavy (non-hydrogen) atoms. The summed E-state index contributed by atoms with van der Waals surface area (Å²) in [5, 5.41) is 14.0. The maximum Gasteiger partial charge on any atom is 0.275 e. The normalized spacial score (nSPS) is 22.4. The summed E-state index contributed by atoms with van der Waals surface area (Å²) in [6, 6.07) is 1.70. The Hall–Kier alpha value is -1.76.